The number of nitrogens with zero attached hydrogens (tertiary/aromatic N) is 6. The number of aliphatic imine (C=N–C) groups is 1. The van der Waals surface area contributed by atoms with E-state index in [0.29, 0.717) is 30.5 Å². The lowest BCUT2D eigenvalue weighted by Crippen LogP contribution is -2.28. The summed E-state index contributed by atoms with van der Waals surface area (Å²) in [5.74, 6) is 2.76. The Labute approximate surface area is 212 Å². The molecule has 1 aliphatic heterocycles. The van der Waals surface area contributed by atoms with Gasteiger partial charge in [-0.15, -0.1) is 0 Å². The zero-order chi connectivity index (χ0) is 25.4. The lowest BCUT2D eigenvalue weighted by molar-refractivity contribution is 0.169. The summed E-state index contributed by atoms with van der Waals surface area (Å²) < 4.78 is 13.5. The molecule has 10 heteroatoms. The molecule has 0 saturated carbocycles. The predicted octanol–water partition coefficient (Wildman–Crippen LogP) is 4.24. The van der Waals surface area contributed by atoms with Crippen LogP contribution in [0.3, 0.4) is 0 Å². The minimum atomic E-state index is -0.570. The van der Waals surface area contributed by atoms with Crippen LogP contribution in [0.5, 0.6) is 11.5 Å². The monoisotopic (exact) mass is 495 g/mol. The Morgan fingerprint density at radius 2 is 2.00 bits per heavy atom. The van der Waals surface area contributed by atoms with E-state index in [1.807, 2.05) is 68.6 Å². The number of nitrogens with one attached hydrogen (secondary N) is 1. The molecule has 4 heterocycles. The average Bonchev–Trinajstić information content (AvgIpc) is 3.52. The number of aliphatic hydroxyl groups excluding tert-OH is 1. The van der Waals surface area contributed by atoms with E-state index in [1.54, 1.807) is 10.8 Å². The largest absolute Gasteiger partial charge is 0.478 e. The van der Waals surface area contributed by atoms with Crippen LogP contribution >= 0.6 is 0 Å². The summed E-state index contributed by atoms with van der Waals surface area (Å²) >= 11 is 0. The van der Waals surface area contributed by atoms with Crippen molar-refractivity contribution in [2.45, 2.75) is 25.8 Å². The number of aryl methyl sites for hydroxylation is 1. The Bertz CT molecular complexity index is 1650. The van der Waals surface area contributed by atoms with Crippen molar-refractivity contribution >= 4 is 34.0 Å². The van der Waals surface area contributed by atoms with Crippen molar-refractivity contribution in [3.63, 3.8) is 0 Å². The van der Waals surface area contributed by atoms with E-state index in [4.69, 9.17) is 9.47 Å². The summed E-state index contributed by atoms with van der Waals surface area (Å²) in [6, 6.07) is 15.6. The van der Waals surface area contributed by atoms with Gasteiger partial charge in [0.1, 0.15) is 42.1 Å². The maximum Gasteiger partial charge on any atom is 0.188 e. The number of benzene rings is 2. The zero-order valence-electron chi connectivity index (χ0n) is 20.4. The molecule has 0 fully saturated rings. The summed E-state index contributed by atoms with van der Waals surface area (Å²) in [5, 5.41) is 18.0. The van der Waals surface area contributed by atoms with Crippen molar-refractivity contribution in [3.8, 4) is 11.5 Å². The third-order valence-corrected chi connectivity index (χ3v) is 6.26. The molecule has 186 valence electrons. The van der Waals surface area contributed by atoms with Gasteiger partial charge in [0.25, 0.3) is 0 Å². The number of fused-ring (bicyclic) bond motifs is 2. The first kappa shape index (κ1) is 22.9. The lowest BCUT2D eigenvalue weighted by atomic mass is 10.1. The van der Waals surface area contributed by atoms with Crippen molar-refractivity contribution < 1.29 is 14.6 Å². The molecule has 3 aromatic heterocycles. The molecule has 0 aliphatic carbocycles. The quantitative estimate of drug-likeness (QED) is 0.344. The van der Waals surface area contributed by atoms with Gasteiger partial charge in [0, 0.05) is 29.8 Å². The molecule has 1 aliphatic rings. The van der Waals surface area contributed by atoms with Crippen molar-refractivity contribution in [1.29, 1.82) is 0 Å². The van der Waals surface area contributed by atoms with E-state index in [1.165, 1.54) is 6.33 Å². The fourth-order valence-electron chi connectivity index (χ4n) is 4.23. The van der Waals surface area contributed by atoms with Crippen LogP contribution in [0, 0.1) is 6.92 Å². The van der Waals surface area contributed by atoms with Crippen LogP contribution in [-0.4, -0.2) is 54.3 Å². The fraction of sp³-hybridized carbons (Fsp3) is 0.222. The highest BCUT2D eigenvalue weighted by Crippen LogP contribution is 2.30. The van der Waals surface area contributed by atoms with Gasteiger partial charge in [0.15, 0.2) is 11.5 Å². The topological polar surface area (TPSA) is 119 Å². The van der Waals surface area contributed by atoms with Crippen LogP contribution in [0.15, 0.2) is 72.4 Å². The van der Waals surface area contributed by atoms with E-state index >= 15 is 0 Å². The Kier molecular flexibility index (Phi) is 5.65. The fourth-order valence-corrected chi connectivity index (χ4v) is 4.23. The molecular formula is C27H25N7O3. The van der Waals surface area contributed by atoms with Gasteiger partial charge in [-0.25, -0.2) is 24.5 Å². The average molecular weight is 496 g/mol. The summed E-state index contributed by atoms with van der Waals surface area (Å²) in [7, 11) is 0. The van der Waals surface area contributed by atoms with E-state index in [9.17, 15) is 5.11 Å². The number of hydrogen-bond donors (Lipinski definition) is 2. The molecule has 5 aromatic rings. The normalized spacial score (nSPS) is 17.1. The van der Waals surface area contributed by atoms with Gasteiger partial charge in [-0.2, -0.15) is 5.10 Å². The maximum absolute atomic E-state index is 9.54. The van der Waals surface area contributed by atoms with E-state index in [2.05, 4.69) is 30.4 Å². The molecule has 2 aromatic carbocycles. The number of rotatable bonds is 7. The molecule has 0 saturated heterocycles. The highest BCUT2D eigenvalue weighted by molar-refractivity contribution is 5.92. The van der Waals surface area contributed by atoms with Crippen LogP contribution in [-0.2, 0) is 11.2 Å². The van der Waals surface area contributed by atoms with Gasteiger partial charge >= 0.3 is 0 Å². The molecule has 37 heavy (non-hydrogen) atoms. The first-order valence-electron chi connectivity index (χ1n) is 11.9. The molecule has 10 nitrogen and oxygen atoms in total. The number of hydrogen-bond acceptors (Lipinski definition) is 9. The van der Waals surface area contributed by atoms with Crippen LogP contribution in [0.25, 0.3) is 16.6 Å². The standard InChI is InChI=1S/C27H25N7O3/c1-17-9-19(4-6-23(17)37-20-7-8-34-24(12-20)29-16-31-34)32-26-21-10-18(3-5-22(21)28-15-30-26)11-25-33-27(2,13-35)14-36-25/h3-10,12,15-16,35H,11,13-14H2,1-2H3,(H,28,30,32). The zero-order valence-corrected chi connectivity index (χ0v) is 20.4. The number of pyridine rings is 1. The van der Waals surface area contributed by atoms with E-state index in [0.717, 1.165) is 39.1 Å². The molecule has 0 radical (unpaired) electrons. The minimum Gasteiger partial charge on any atom is -0.478 e. The van der Waals surface area contributed by atoms with Crippen molar-refractivity contribution in [2.75, 3.05) is 18.5 Å². The lowest BCUT2D eigenvalue weighted by Gasteiger charge is -2.13. The van der Waals surface area contributed by atoms with Crippen LogP contribution in [0.1, 0.15) is 18.1 Å². The second kappa shape index (κ2) is 9.14. The van der Waals surface area contributed by atoms with Gasteiger partial charge in [-0.1, -0.05) is 6.07 Å². The summed E-state index contributed by atoms with van der Waals surface area (Å²) in [6.45, 7) is 4.21. The van der Waals surface area contributed by atoms with Crippen molar-refractivity contribution in [2.24, 2.45) is 4.99 Å². The van der Waals surface area contributed by atoms with Crippen LogP contribution in [0.2, 0.25) is 0 Å². The summed E-state index contributed by atoms with van der Waals surface area (Å²) in [5.41, 5.74) is 3.85. The smallest absolute Gasteiger partial charge is 0.188 e. The Morgan fingerprint density at radius 3 is 2.84 bits per heavy atom. The number of ether oxygens (including phenoxy) is 2. The first-order valence-corrected chi connectivity index (χ1v) is 11.9. The third kappa shape index (κ3) is 4.66. The number of aliphatic hydroxyl groups is 1. The third-order valence-electron chi connectivity index (χ3n) is 6.26. The highest BCUT2D eigenvalue weighted by Gasteiger charge is 2.30. The summed E-state index contributed by atoms with van der Waals surface area (Å²) in [6.07, 6.45) is 5.40. The second-order valence-corrected chi connectivity index (χ2v) is 9.33. The number of anilines is 2. The van der Waals surface area contributed by atoms with E-state index < -0.39 is 5.54 Å². The molecule has 1 atom stereocenters. The van der Waals surface area contributed by atoms with Gasteiger partial charge in [-0.05, 0) is 61.4 Å². The highest BCUT2D eigenvalue weighted by atomic mass is 16.5. The first-order chi connectivity index (χ1) is 18.0. The predicted molar refractivity (Wildman–Crippen MR) is 140 cm³/mol. The molecule has 2 N–H and O–H groups in total. The Balaban J connectivity index is 1.23. The Morgan fingerprint density at radius 1 is 1.08 bits per heavy atom. The van der Waals surface area contributed by atoms with Crippen molar-refractivity contribution in [1.82, 2.24) is 24.6 Å². The van der Waals surface area contributed by atoms with Gasteiger partial charge in [0.2, 0.25) is 0 Å². The van der Waals surface area contributed by atoms with Gasteiger partial charge < -0.3 is 19.9 Å². The van der Waals surface area contributed by atoms with Crippen molar-refractivity contribution in [3.05, 3.63) is 78.5 Å². The maximum atomic E-state index is 9.54. The molecule has 0 amide bonds. The molecule has 6 rings (SSSR count). The van der Waals surface area contributed by atoms with E-state index in [-0.39, 0.29) is 6.61 Å². The van der Waals surface area contributed by atoms with Gasteiger partial charge in [-0.3, -0.25) is 0 Å². The Hall–Kier alpha value is -4.57. The molecule has 0 bridgehead atoms. The van der Waals surface area contributed by atoms with Crippen LogP contribution < -0.4 is 10.1 Å². The van der Waals surface area contributed by atoms with Crippen LogP contribution in [0.4, 0.5) is 11.5 Å². The number of aromatic nitrogens is 5. The minimum absolute atomic E-state index is 0.0451. The molecule has 1 unspecified atom stereocenters. The molecular weight excluding hydrogens is 470 g/mol. The summed E-state index contributed by atoms with van der Waals surface area (Å²) in [4.78, 5) is 17.6. The SMILES string of the molecule is Cc1cc(Nc2ncnc3ccc(CC4=NC(C)(CO)CO4)cc23)ccc1Oc1ccn2ncnc2c1. The van der Waals surface area contributed by atoms with Gasteiger partial charge in [0.05, 0.1) is 12.1 Å². The second-order valence-electron chi connectivity index (χ2n) is 9.33. The molecule has 0 spiro atoms.